The van der Waals surface area contributed by atoms with Crippen molar-refractivity contribution in [2.75, 3.05) is 7.11 Å². The average molecular weight is 344 g/mol. The highest BCUT2D eigenvalue weighted by Gasteiger charge is 2.48. The number of aliphatic hydroxyl groups is 3. The number of carbonyl (C=O) groups is 1. The number of rotatable bonds is 5. The molecule has 1 aliphatic rings. The third-order valence-electron chi connectivity index (χ3n) is 3.80. The van der Waals surface area contributed by atoms with Crippen molar-refractivity contribution in [2.24, 2.45) is 0 Å². The van der Waals surface area contributed by atoms with Gasteiger partial charge in [0.05, 0.1) is 7.11 Å². The fraction of sp³-hybridized carbons (Fsp3) is 0.533. The molecule has 1 saturated heterocycles. The third-order valence-corrected chi connectivity index (χ3v) is 3.80. The molecule has 1 aromatic rings. The van der Waals surface area contributed by atoms with E-state index in [9.17, 15) is 25.2 Å². The first-order valence-corrected chi connectivity index (χ1v) is 7.29. The van der Waals surface area contributed by atoms with Crippen LogP contribution < -0.4 is 9.47 Å². The zero-order chi connectivity index (χ0) is 18.0. The molecule has 1 fully saturated rings. The standard InChI is InChI=1S/C15H20O9/c1-3-6-4-8(22-2)9(5-7(6)16)23-15-12(19)10(17)11(18)13(24-15)14(20)21/h4-5,10-13,15-19H,3H2,1-2H3,(H,20,21). The summed E-state index contributed by atoms with van der Waals surface area (Å²) in [5, 5.41) is 48.3. The molecule has 0 aliphatic carbocycles. The minimum absolute atomic E-state index is 0.0102. The second-order valence-electron chi connectivity index (χ2n) is 5.34. The molecule has 1 aliphatic heterocycles. The lowest BCUT2D eigenvalue weighted by atomic mass is 9.99. The number of aliphatic hydroxyl groups excluding tert-OH is 3. The first-order valence-electron chi connectivity index (χ1n) is 7.29. The number of phenols is 1. The number of carboxylic acids is 1. The number of hydrogen-bond donors (Lipinski definition) is 5. The van der Waals surface area contributed by atoms with Crippen LogP contribution in [0.4, 0.5) is 0 Å². The summed E-state index contributed by atoms with van der Waals surface area (Å²) < 4.78 is 15.5. The smallest absolute Gasteiger partial charge is 0.335 e. The number of phenolic OH excluding ortho intramolecular Hbond substituents is 1. The quantitative estimate of drug-likeness (QED) is 0.465. The van der Waals surface area contributed by atoms with Gasteiger partial charge in [0.2, 0.25) is 6.29 Å². The second-order valence-corrected chi connectivity index (χ2v) is 5.34. The topological polar surface area (TPSA) is 146 Å². The first kappa shape index (κ1) is 18.3. The molecule has 2 rings (SSSR count). The Morgan fingerprint density at radius 1 is 1.17 bits per heavy atom. The summed E-state index contributed by atoms with van der Waals surface area (Å²) >= 11 is 0. The van der Waals surface area contributed by atoms with Crippen molar-refractivity contribution in [2.45, 2.75) is 44.1 Å². The third kappa shape index (κ3) is 3.39. The predicted octanol–water partition coefficient (Wildman–Crippen LogP) is -0.766. The maximum absolute atomic E-state index is 11.1. The molecule has 0 aromatic heterocycles. The van der Waals surface area contributed by atoms with Crippen LogP contribution in [0.5, 0.6) is 17.2 Å². The van der Waals surface area contributed by atoms with Crippen LogP contribution in [0.15, 0.2) is 12.1 Å². The van der Waals surface area contributed by atoms with Crippen LogP contribution in [0.2, 0.25) is 0 Å². The Balaban J connectivity index is 2.29. The van der Waals surface area contributed by atoms with Gasteiger partial charge in [0.25, 0.3) is 0 Å². The molecule has 5 unspecified atom stereocenters. The van der Waals surface area contributed by atoms with E-state index < -0.39 is 36.7 Å². The lowest BCUT2D eigenvalue weighted by Gasteiger charge is -2.38. The van der Waals surface area contributed by atoms with Crippen molar-refractivity contribution in [1.82, 2.24) is 0 Å². The molecule has 1 aromatic carbocycles. The SMILES string of the molecule is CCc1cc(OC)c(OC2OC(C(=O)O)C(O)C(O)C2O)cc1O. The summed E-state index contributed by atoms with van der Waals surface area (Å²) in [7, 11) is 1.37. The van der Waals surface area contributed by atoms with Crippen molar-refractivity contribution in [1.29, 1.82) is 0 Å². The van der Waals surface area contributed by atoms with E-state index in [1.165, 1.54) is 19.2 Å². The van der Waals surface area contributed by atoms with Gasteiger partial charge in [-0.3, -0.25) is 0 Å². The number of ether oxygens (including phenoxy) is 3. The molecule has 0 spiro atoms. The van der Waals surface area contributed by atoms with Crippen LogP contribution in [-0.4, -0.2) is 69.3 Å². The lowest BCUT2D eigenvalue weighted by molar-refractivity contribution is -0.271. The minimum Gasteiger partial charge on any atom is -0.508 e. The van der Waals surface area contributed by atoms with Crippen molar-refractivity contribution in [3.05, 3.63) is 17.7 Å². The van der Waals surface area contributed by atoms with E-state index >= 15 is 0 Å². The first-order chi connectivity index (χ1) is 11.3. The Bertz CT molecular complexity index is 603. The normalized spacial score (nSPS) is 30.0. The molecule has 9 heteroatoms. The largest absolute Gasteiger partial charge is 0.508 e. The molecule has 9 nitrogen and oxygen atoms in total. The zero-order valence-corrected chi connectivity index (χ0v) is 13.1. The van der Waals surface area contributed by atoms with Gasteiger partial charge in [0.15, 0.2) is 17.6 Å². The number of methoxy groups -OCH3 is 1. The van der Waals surface area contributed by atoms with Gasteiger partial charge in [0.1, 0.15) is 24.1 Å². The fourth-order valence-electron chi connectivity index (χ4n) is 2.40. The Labute approximate surface area is 137 Å². The Morgan fingerprint density at radius 3 is 2.38 bits per heavy atom. The lowest BCUT2D eigenvalue weighted by Crippen LogP contribution is -2.61. The van der Waals surface area contributed by atoms with Gasteiger partial charge in [-0.15, -0.1) is 0 Å². The highest BCUT2D eigenvalue weighted by Crippen LogP contribution is 2.36. The summed E-state index contributed by atoms with van der Waals surface area (Å²) in [5.74, 6) is -1.37. The highest BCUT2D eigenvalue weighted by molar-refractivity contribution is 5.73. The number of aromatic hydroxyl groups is 1. The molecule has 0 saturated carbocycles. The molecule has 0 amide bonds. The summed E-state index contributed by atoms with van der Waals surface area (Å²) in [4.78, 5) is 11.1. The van der Waals surface area contributed by atoms with Gasteiger partial charge in [-0.25, -0.2) is 4.79 Å². The molecule has 0 bridgehead atoms. The van der Waals surface area contributed by atoms with Gasteiger partial charge < -0.3 is 39.7 Å². The predicted molar refractivity (Wildman–Crippen MR) is 79.0 cm³/mol. The van der Waals surface area contributed by atoms with Crippen LogP contribution in [0.25, 0.3) is 0 Å². The van der Waals surface area contributed by atoms with Gasteiger partial charge in [-0.05, 0) is 18.1 Å². The summed E-state index contributed by atoms with van der Waals surface area (Å²) in [5.41, 5.74) is 0.600. The zero-order valence-electron chi connectivity index (χ0n) is 13.1. The maximum Gasteiger partial charge on any atom is 0.335 e. The number of carboxylic acid groups (broad SMARTS) is 1. The van der Waals surface area contributed by atoms with Crippen molar-refractivity contribution >= 4 is 5.97 Å². The molecule has 24 heavy (non-hydrogen) atoms. The molecule has 5 atom stereocenters. The van der Waals surface area contributed by atoms with Crippen molar-refractivity contribution in [3.63, 3.8) is 0 Å². The van der Waals surface area contributed by atoms with Crippen LogP contribution >= 0.6 is 0 Å². The van der Waals surface area contributed by atoms with Crippen LogP contribution in [0, 0.1) is 0 Å². The van der Waals surface area contributed by atoms with Crippen molar-refractivity contribution < 1.29 is 44.5 Å². The fourth-order valence-corrected chi connectivity index (χ4v) is 2.40. The van der Waals surface area contributed by atoms with E-state index in [0.29, 0.717) is 12.0 Å². The molecule has 134 valence electrons. The van der Waals surface area contributed by atoms with E-state index in [4.69, 9.17) is 19.3 Å². The monoisotopic (exact) mass is 344 g/mol. The van der Waals surface area contributed by atoms with Crippen LogP contribution in [0.1, 0.15) is 12.5 Å². The van der Waals surface area contributed by atoms with Gasteiger partial charge in [-0.1, -0.05) is 6.92 Å². The Hall–Kier alpha value is -2.07. The highest BCUT2D eigenvalue weighted by atomic mass is 16.7. The molecular formula is C15H20O9. The average Bonchev–Trinajstić information content (AvgIpc) is 2.55. The van der Waals surface area contributed by atoms with E-state index in [1.807, 2.05) is 6.92 Å². The minimum atomic E-state index is -1.81. The Kier molecular flexibility index (Phi) is 5.50. The van der Waals surface area contributed by atoms with Crippen molar-refractivity contribution in [3.8, 4) is 17.2 Å². The number of aliphatic carboxylic acids is 1. The summed E-state index contributed by atoms with van der Waals surface area (Å²) in [6, 6.07) is 2.76. The van der Waals surface area contributed by atoms with Crippen LogP contribution in [-0.2, 0) is 16.0 Å². The molecule has 5 N–H and O–H groups in total. The van der Waals surface area contributed by atoms with Gasteiger partial charge in [0, 0.05) is 6.07 Å². The second kappa shape index (κ2) is 7.22. The number of hydrogen-bond acceptors (Lipinski definition) is 8. The number of aryl methyl sites for hydroxylation is 1. The Morgan fingerprint density at radius 2 is 1.83 bits per heavy atom. The van der Waals surface area contributed by atoms with E-state index in [0.717, 1.165) is 0 Å². The number of benzene rings is 1. The molecule has 1 heterocycles. The summed E-state index contributed by atoms with van der Waals surface area (Å²) in [6.07, 6.45) is -8.10. The van der Waals surface area contributed by atoms with Crippen LogP contribution in [0.3, 0.4) is 0 Å². The maximum atomic E-state index is 11.1. The molecule has 0 radical (unpaired) electrons. The van der Waals surface area contributed by atoms with E-state index in [2.05, 4.69) is 0 Å². The summed E-state index contributed by atoms with van der Waals surface area (Å²) in [6.45, 7) is 1.83. The van der Waals surface area contributed by atoms with Gasteiger partial charge in [-0.2, -0.15) is 0 Å². The molecular weight excluding hydrogens is 324 g/mol. The van der Waals surface area contributed by atoms with Gasteiger partial charge >= 0.3 is 5.97 Å². The van der Waals surface area contributed by atoms with E-state index in [1.54, 1.807) is 0 Å². The van der Waals surface area contributed by atoms with E-state index in [-0.39, 0.29) is 17.2 Å².